The minimum Gasteiger partial charge on any atom is -0.481 e. The van der Waals surface area contributed by atoms with Gasteiger partial charge in [0.25, 0.3) is 0 Å². The molecular formula is C7H12O5. The maximum atomic E-state index is 10.4. The van der Waals surface area contributed by atoms with Crippen LogP contribution in [0.3, 0.4) is 0 Å². The average molecular weight is 176 g/mol. The van der Waals surface area contributed by atoms with E-state index in [-0.39, 0.29) is 12.8 Å². The summed E-state index contributed by atoms with van der Waals surface area (Å²) < 4.78 is 0. The van der Waals surface area contributed by atoms with E-state index in [2.05, 4.69) is 0 Å². The zero-order valence-electron chi connectivity index (χ0n) is 6.42. The van der Waals surface area contributed by atoms with E-state index in [0.717, 1.165) is 0 Å². The normalized spacial score (nSPS) is 42.6. The van der Waals surface area contributed by atoms with Crippen LogP contribution in [0.25, 0.3) is 0 Å². The van der Waals surface area contributed by atoms with Crippen molar-refractivity contribution in [3.8, 4) is 0 Å². The van der Waals surface area contributed by atoms with E-state index in [1.165, 1.54) is 0 Å². The molecule has 0 aliphatic heterocycles. The predicted octanol–water partition coefficient (Wildman–Crippen LogP) is -1.44. The predicted molar refractivity (Wildman–Crippen MR) is 38.4 cm³/mol. The molecule has 0 aromatic carbocycles. The van der Waals surface area contributed by atoms with Gasteiger partial charge in [0.2, 0.25) is 0 Å². The minimum absolute atomic E-state index is 0.00750. The van der Waals surface area contributed by atoms with Crippen molar-refractivity contribution < 1.29 is 25.2 Å². The van der Waals surface area contributed by atoms with Crippen LogP contribution in [0.5, 0.6) is 0 Å². The lowest BCUT2D eigenvalue weighted by Gasteiger charge is -2.31. The van der Waals surface area contributed by atoms with Crippen LogP contribution >= 0.6 is 0 Å². The first-order chi connectivity index (χ1) is 5.52. The van der Waals surface area contributed by atoms with Crippen LogP contribution in [0.1, 0.15) is 12.8 Å². The first-order valence-corrected chi connectivity index (χ1v) is 3.79. The topological polar surface area (TPSA) is 98.0 Å². The van der Waals surface area contributed by atoms with Crippen molar-refractivity contribution in [2.45, 2.75) is 31.2 Å². The molecule has 0 amide bonds. The number of rotatable bonds is 1. The highest BCUT2D eigenvalue weighted by atomic mass is 16.4. The van der Waals surface area contributed by atoms with Crippen molar-refractivity contribution in [1.29, 1.82) is 0 Å². The Morgan fingerprint density at radius 3 is 1.83 bits per heavy atom. The molecule has 0 aromatic heterocycles. The van der Waals surface area contributed by atoms with Gasteiger partial charge >= 0.3 is 5.97 Å². The Kier molecular flexibility index (Phi) is 2.66. The number of aliphatic hydroxyl groups is 3. The lowest BCUT2D eigenvalue weighted by molar-refractivity contribution is -0.153. The summed E-state index contributed by atoms with van der Waals surface area (Å²) in [6, 6.07) is 0. The van der Waals surface area contributed by atoms with Crippen LogP contribution in [0.4, 0.5) is 0 Å². The molecule has 4 N–H and O–H groups in total. The third-order valence-electron chi connectivity index (χ3n) is 2.19. The third-order valence-corrected chi connectivity index (χ3v) is 2.19. The second-order valence-corrected chi connectivity index (χ2v) is 3.13. The Labute approximate surface area is 69.3 Å². The Hall–Kier alpha value is -0.650. The molecule has 0 saturated heterocycles. The van der Waals surface area contributed by atoms with Gasteiger partial charge < -0.3 is 20.4 Å². The molecule has 0 aromatic rings. The van der Waals surface area contributed by atoms with Crippen molar-refractivity contribution in [3.05, 3.63) is 0 Å². The highest BCUT2D eigenvalue weighted by Gasteiger charge is 2.37. The molecule has 12 heavy (non-hydrogen) atoms. The Morgan fingerprint density at radius 1 is 1.08 bits per heavy atom. The zero-order valence-corrected chi connectivity index (χ0v) is 6.42. The fraction of sp³-hybridized carbons (Fsp3) is 0.857. The highest BCUT2D eigenvalue weighted by Crippen LogP contribution is 2.25. The molecule has 1 aliphatic carbocycles. The van der Waals surface area contributed by atoms with Crippen molar-refractivity contribution in [2.75, 3.05) is 0 Å². The Bertz CT molecular complexity index is 169. The van der Waals surface area contributed by atoms with Gasteiger partial charge in [-0.2, -0.15) is 0 Å². The standard InChI is InChI=1S/C7H12O5/c8-4-1-3(7(11)12)2-5(9)6(4)10/h3-6,8-10H,1-2H2,(H,11,12). The lowest BCUT2D eigenvalue weighted by Crippen LogP contribution is -2.46. The molecule has 2 atom stereocenters. The van der Waals surface area contributed by atoms with E-state index in [1.54, 1.807) is 0 Å². The van der Waals surface area contributed by atoms with E-state index in [0.29, 0.717) is 0 Å². The smallest absolute Gasteiger partial charge is 0.306 e. The van der Waals surface area contributed by atoms with E-state index >= 15 is 0 Å². The number of hydrogen-bond acceptors (Lipinski definition) is 4. The van der Waals surface area contributed by atoms with Gasteiger partial charge in [-0.05, 0) is 12.8 Å². The summed E-state index contributed by atoms with van der Waals surface area (Å²) in [4.78, 5) is 10.4. The van der Waals surface area contributed by atoms with Gasteiger partial charge in [0.1, 0.15) is 6.10 Å². The second kappa shape index (κ2) is 3.38. The van der Waals surface area contributed by atoms with Crippen LogP contribution in [-0.4, -0.2) is 44.7 Å². The second-order valence-electron chi connectivity index (χ2n) is 3.13. The number of hydrogen-bond donors (Lipinski definition) is 4. The van der Waals surface area contributed by atoms with Crippen molar-refractivity contribution >= 4 is 5.97 Å². The average Bonchev–Trinajstić information content (AvgIpc) is 1.99. The number of carboxylic acids is 1. The summed E-state index contributed by atoms with van der Waals surface area (Å²) >= 11 is 0. The Morgan fingerprint density at radius 2 is 1.50 bits per heavy atom. The number of carbonyl (C=O) groups is 1. The first kappa shape index (κ1) is 9.44. The van der Waals surface area contributed by atoms with E-state index < -0.39 is 30.2 Å². The quantitative estimate of drug-likeness (QED) is 0.392. The fourth-order valence-electron chi connectivity index (χ4n) is 1.42. The molecule has 1 aliphatic rings. The van der Waals surface area contributed by atoms with E-state index in [4.69, 9.17) is 20.4 Å². The molecule has 0 bridgehead atoms. The van der Waals surface area contributed by atoms with Crippen molar-refractivity contribution in [1.82, 2.24) is 0 Å². The van der Waals surface area contributed by atoms with Gasteiger partial charge in [-0.3, -0.25) is 4.79 Å². The SMILES string of the molecule is O=C(O)C1CC(O)C(O)C(O)C1. The molecule has 0 heterocycles. The molecule has 0 spiro atoms. The van der Waals surface area contributed by atoms with Gasteiger partial charge in [0.15, 0.2) is 0 Å². The van der Waals surface area contributed by atoms with Crippen molar-refractivity contribution in [2.24, 2.45) is 5.92 Å². The van der Waals surface area contributed by atoms with Crippen LogP contribution in [0.15, 0.2) is 0 Å². The van der Waals surface area contributed by atoms with Crippen LogP contribution in [0.2, 0.25) is 0 Å². The molecule has 5 heteroatoms. The number of aliphatic hydroxyl groups excluding tert-OH is 3. The maximum absolute atomic E-state index is 10.4. The molecule has 1 rings (SSSR count). The Balaban J connectivity index is 2.59. The molecule has 5 nitrogen and oxygen atoms in total. The van der Waals surface area contributed by atoms with Crippen molar-refractivity contribution in [3.63, 3.8) is 0 Å². The first-order valence-electron chi connectivity index (χ1n) is 3.79. The molecule has 70 valence electrons. The van der Waals surface area contributed by atoms with E-state index in [9.17, 15) is 4.79 Å². The summed E-state index contributed by atoms with van der Waals surface area (Å²) in [5, 5.41) is 35.8. The largest absolute Gasteiger partial charge is 0.481 e. The molecule has 1 saturated carbocycles. The third kappa shape index (κ3) is 1.74. The lowest BCUT2D eigenvalue weighted by atomic mass is 9.83. The fourth-order valence-corrected chi connectivity index (χ4v) is 1.42. The summed E-state index contributed by atoms with van der Waals surface area (Å²) in [7, 11) is 0. The number of carboxylic acid groups (broad SMARTS) is 1. The molecule has 0 radical (unpaired) electrons. The van der Waals surface area contributed by atoms with Gasteiger partial charge in [0, 0.05) is 0 Å². The number of aliphatic carboxylic acids is 1. The van der Waals surface area contributed by atoms with Gasteiger partial charge in [-0.15, -0.1) is 0 Å². The summed E-state index contributed by atoms with van der Waals surface area (Å²) in [5.74, 6) is -1.79. The molecular weight excluding hydrogens is 164 g/mol. The molecule has 1 fully saturated rings. The summed E-state index contributed by atoms with van der Waals surface area (Å²) in [6.45, 7) is 0. The van der Waals surface area contributed by atoms with Crippen LogP contribution < -0.4 is 0 Å². The summed E-state index contributed by atoms with van der Waals surface area (Å²) in [5.41, 5.74) is 0. The van der Waals surface area contributed by atoms with Gasteiger partial charge in [0.05, 0.1) is 18.1 Å². The van der Waals surface area contributed by atoms with Gasteiger partial charge in [-0.1, -0.05) is 0 Å². The minimum atomic E-state index is -1.21. The summed E-state index contributed by atoms with van der Waals surface area (Å²) in [6.07, 6.45) is -3.45. The van der Waals surface area contributed by atoms with Crippen LogP contribution in [0, 0.1) is 5.92 Å². The van der Waals surface area contributed by atoms with Crippen LogP contribution in [-0.2, 0) is 4.79 Å². The highest BCUT2D eigenvalue weighted by molar-refractivity contribution is 5.70. The van der Waals surface area contributed by atoms with E-state index in [1.807, 2.05) is 0 Å². The maximum Gasteiger partial charge on any atom is 0.306 e. The monoisotopic (exact) mass is 176 g/mol. The molecule has 2 unspecified atom stereocenters. The van der Waals surface area contributed by atoms with Gasteiger partial charge in [-0.25, -0.2) is 0 Å². The zero-order chi connectivity index (χ0) is 9.30.